The molecule has 1 heterocycles. The monoisotopic (exact) mass is 362 g/mol. The Morgan fingerprint density at radius 1 is 1.25 bits per heavy atom. The number of halogens is 2. The number of carbonyl (C=O) groups excluding carboxylic acids is 1. The summed E-state index contributed by atoms with van der Waals surface area (Å²) < 4.78 is 0. The summed E-state index contributed by atoms with van der Waals surface area (Å²) >= 11 is 12.1. The average molecular weight is 363 g/mol. The maximum Gasteiger partial charge on any atom is 0.238 e. The van der Waals surface area contributed by atoms with Crippen molar-refractivity contribution in [1.82, 2.24) is 4.90 Å². The first-order valence-electron chi connectivity index (χ1n) is 8.09. The number of benzene rings is 2. The number of rotatable bonds is 4. The third-order valence-corrected chi connectivity index (χ3v) is 5.18. The lowest BCUT2D eigenvalue weighted by atomic mass is 10.0. The summed E-state index contributed by atoms with van der Waals surface area (Å²) in [6.07, 6.45) is 2.18. The molecule has 1 aliphatic heterocycles. The topological polar surface area (TPSA) is 32.3 Å². The molecule has 0 radical (unpaired) electrons. The number of carbonyl (C=O) groups is 1. The van der Waals surface area contributed by atoms with Crippen LogP contribution >= 0.6 is 23.2 Å². The Labute approximate surface area is 152 Å². The maximum absolute atomic E-state index is 12.4. The van der Waals surface area contributed by atoms with Gasteiger partial charge in [-0.2, -0.15) is 0 Å². The summed E-state index contributed by atoms with van der Waals surface area (Å²) in [5, 5.41) is 3.68. The van der Waals surface area contributed by atoms with Crippen LogP contribution in [0.5, 0.6) is 0 Å². The molecular formula is C19H20Cl2N2O. The maximum atomic E-state index is 12.4. The molecule has 126 valence electrons. The number of likely N-dealkylation sites (tertiary alicyclic amines) is 1. The Kier molecular flexibility index (Phi) is 5.44. The zero-order valence-electron chi connectivity index (χ0n) is 13.6. The molecule has 1 unspecified atom stereocenters. The van der Waals surface area contributed by atoms with Gasteiger partial charge >= 0.3 is 0 Å². The predicted octanol–water partition coefficient (Wildman–Crippen LogP) is 5.08. The normalized spacial score (nSPS) is 17.9. The van der Waals surface area contributed by atoms with Gasteiger partial charge < -0.3 is 5.32 Å². The molecule has 1 atom stereocenters. The molecule has 3 rings (SSSR count). The van der Waals surface area contributed by atoms with Crippen LogP contribution in [0.2, 0.25) is 10.0 Å². The van der Waals surface area contributed by atoms with Gasteiger partial charge in [-0.3, -0.25) is 9.69 Å². The lowest BCUT2D eigenvalue weighted by Crippen LogP contribution is -2.33. The molecule has 0 aromatic heterocycles. The fourth-order valence-electron chi connectivity index (χ4n) is 3.24. The van der Waals surface area contributed by atoms with Gasteiger partial charge in [0.1, 0.15) is 0 Å². The van der Waals surface area contributed by atoms with Crippen LogP contribution in [0.25, 0.3) is 0 Å². The lowest BCUT2D eigenvalue weighted by Gasteiger charge is -2.24. The largest absolute Gasteiger partial charge is 0.324 e. The fourth-order valence-corrected chi connectivity index (χ4v) is 3.59. The number of hydrogen-bond acceptors (Lipinski definition) is 2. The third-order valence-electron chi connectivity index (χ3n) is 4.36. The van der Waals surface area contributed by atoms with E-state index in [0.717, 1.165) is 19.4 Å². The molecule has 3 nitrogen and oxygen atoms in total. The van der Waals surface area contributed by atoms with Gasteiger partial charge in [0.15, 0.2) is 0 Å². The Bertz CT molecular complexity index is 748. The molecule has 0 aliphatic carbocycles. The highest BCUT2D eigenvalue weighted by atomic mass is 35.5. The van der Waals surface area contributed by atoms with E-state index in [1.54, 1.807) is 18.2 Å². The summed E-state index contributed by atoms with van der Waals surface area (Å²) in [7, 11) is 0. The van der Waals surface area contributed by atoms with Gasteiger partial charge in [0.05, 0.1) is 22.3 Å². The van der Waals surface area contributed by atoms with E-state index in [9.17, 15) is 4.79 Å². The first-order chi connectivity index (χ1) is 11.5. The lowest BCUT2D eigenvalue weighted by molar-refractivity contribution is -0.117. The number of hydrogen-bond donors (Lipinski definition) is 1. The van der Waals surface area contributed by atoms with Crippen molar-refractivity contribution in [2.45, 2.75) is 25.8 Å². The van der Waals surface area contributed by atoms with Gasteiger partial charge in [-0.15, -0.1) is 0 Å². The number of amides is 1. The SMILES string of the molecule is Cc1cccc(C2CCCN2CC(=O)Nc2cccc(Cl)c2Cl)c1. The van der Waals surface area contributed by atoms with Gasteiger partial charge in [-0.05, 0) is 44.0 Å². The molecule has 1 fully saturated rings. The average Bonchev–Trinajstić information content (AvgIpc) is 3.00. The van der Waals surface area contributed by atoms with Crippen LogP contribution in [0.1, 0.15) is 30.0 Å². The summed E-state index contributed by atoms with van der Waals surface area (Å²) in [6.45, 7) is 3.37. The standard InChI is InChI=1S/C19H20Cl2N2O/c1-13-5-2-6-14(11-13)17-9-4-10-23(17)12-18(24)22-16-8-3-7-15(20)19(16)21/h2-3,5-8,11,17H,4,9-10,12H2,1H3,(H,22,24). The molecule has 0 saturated carbocycles. The van der Waals surface area contributed by atoms with Crippen molar-refractivity contribution in [3.63, 3.8) is 0 Å². The smallest absolute Gasteiger partial charge is 0.238 e. The predicted molar refractivity (Wildman–Crippen MR) is 99.8 cm³/mol. The van der Waals surface area contributed by atoms with Crippen LogP contribution in [0.15, 0.2) is 42.5 Å². The highest BCUT2D eigenvalue weighted by Gasteiger charge is 2.27. The van der Waals surface area contributed by atoms with Gasteiger partial charge in [-0.25, -0.2) is 0 Å². The minimum absolute atomic E-state index is 0.0706. The van der Waals surface area contributed by atoms with Crippen molar-refractivity contribution in [3.05, 3.63) is 63.6 Å². The second kappa shape index (κ2) is 7.56. The second-order valence-corrected chi connectivity index (χ2v) is 6.98. The van der Waals surface area contributed by atoms with E-state index in [1.807, 2.05) is 0 Å². The molecule has 1 N–H and O–H groups in total. The Hall–Kier alpha value is -1.55. The minimum Gasteiger partial charge on any atom is -0.324 e. The molecule has 2 aromatic carbocycles. The van der Waals surface area contributed by atoms with E-state index in [1.165, 1.54) is 11.1 Å². The van der Waals surface area contributed by atoms with E-state index >= 15 is 0 Å². The molecule has 24 heavy (non-hydrogen) atoms. The molecule has 1 aliphatic rings. The highest BCUT2D eigenvalue weighted by molar-refractivity contribution is 6.43. The van der Waals surface area contributed by atoms with E-state index in [4.69, 9.17) is 23.2 Å². The van der Waals surface area contributed by atoms with Crippen molar-refractivity contribution >= 4 is 34.8 Å². The fraction of sp³-hybridized carbons (Fsp3) is 0.316. The summed E-state index contributed by atoms with van der Waals surface area (Å²) in [5.41, 5.74) is 3.08. The second-order valence-electron chi connectivity index (χ2n) is 6.19. The quantitative estimate of drug-likeness (QED) is 0.822. The number of nitrogens with zero attached hydrogens (tertiary/aromatic N) is 1. The van der Waals surface area contributed by atoms with Crippen molar-refractivity contribution in [1.29, 1.82) is 0 Å². The van der Waals surface area contributed by atoms with Crippen LogP contribution in [0.4, 0.5) is 5.69 Å². The van der Waals surface area contributed by atoms with Gasteiger partial charge in [0, 0.05) is 6.04 Å². The first-order valence-corrected chi connectivity index (χ1v) is 8.84. The number of nitrogens with one attached hydrogen (secondary N) is 1. The summed E-state index contributed by atoms with van der Waals surface area (Å²) in [4.78, 5) is 14.6. The van der Waals surface area contributed by atoms with Crippen LogP contribution in [0, 0.1) is 6.92 Å². The van der Waals surface area contributed by atoms with E-state index in [-0.39, 0.29) is 5.91 Å². The summed E-state index contributed by atoms with van der Waals surface area (Å²) in [6, 6.07) is 14.0. The first kappa shape index (κ1) is 17.3. The van der Waals surface area contributed by atoms with E-state index < -0.39 is 0 Å². The molecule has 0 bridgehead atoms. The van der Waals surface area contributed by atoms with Gasteiger partial charge in [0.25, 0.3) is 0 Å². The van der Waals surface area contributed by atoms with E-state index in [0.29, 0.717) is 28.3 Å². The van der Waals surface area contributed by atoms with Crippen LogP contribution in [-0.4, -0.2) is 23.9 Å². The number of anilines is 1. The minimum atomic E-state index is -0.0706. The van der Waals surface area contributed by atoms with Crippen molar-refractivity contribution in [2.75, 3.05) is 18.4 Å². The molecule has 2 aromatic rings. The van der Waals surface area contributed by atoms with Crippen LogP contribution < -0.4 is 5.32 Å². The van der Waals surface area contributed by atoms with E-state index in [2.05, 4.69) is 41.4 Å². The molecule has 1 saturated heterocycles. The zero-order chi connectivity index (χ0) is 17.1. The van der Waals surface area contributed by atoms with Crippen molar-refractivity contribution in [3.8, 4) is 0 Å². The highest BCUT2D eigenvalue weighted by Crippen LogP contribution is 2.33. The van der Waals surface area contributed by atoms with Gasteiger partial charge in [-0.1, -0.05) is 59.1 Å². The molecule has 0 spiro atoms. The Morgan fingerprint density at radius 3 is 2.83 bits per heavy atom. The van der Waals surface area contributed by atoms with Crippen LogP contribution in [-0.2, 0) is 4.79 Å². The Morgan fingerprint density at radius 2 is 2.04 bits per heavy atom. The van der Waals surface area contributed by atoms with Gasteiger partial charge in [0.2, 0.25) is 5.91 Å². The molecule has 5 heteroatoms. The zero-order valence-corrected chi connectivity index (χ0v) is 15.1. The third kappa shape index (κ3) is 3.92. The van der Waals surface area contributed by atoms with Crippen molar-refractivity contribution in [2.24, 2.45) is 0 Å². The Balaban J connectivity index is 1.68. The van der Waals surface area contributed by atoms with Crippen molar-refractivity contribution < 1.29 is 4.79 Å². The summed E-state index contributed by atoms with van der Waals surface area (Å²) in [5.74, 6) is -0.0706. The molecule has 1 amide bonds. The van der Waals surface area contributed by atoms with Crippen LogP contribution in [0.3, 0.4) is 0 Å². The number of aryl methyl sites for hydroxylation is 1. The molecular weight excluding hydrogens is 343 g/mol.